The van der Waals surface area contributed by atoms with Crippen LogP contribution in [0, 0.1) is 22.7 Å². The second kappa shape index (κ2) is 5.92. The summed E-state index contributed by atoms with van der Waals surface area (Å²) in [5, 5.41) is 26.7. The Labute approximate surface area is 119 Å². The van der Waals surface area contributed by atoms with E-state index in [0.717, 1.165) is 4.90 Å². The summed E-state index contributed by atoms with van der Waals surface area (Å²) in [5.74, 6) is -1.06. The highest BCUT2D eigenvalue weighted by Gasteiger charge is 2.09. The lowest BCUT2D eigenvalue weighted by Gasteiger charge is -2.05. The molecule has 2 aromatic rings. The van der Waals surface area contributed by atoms with Gasteiger partial charge in [0.1, 0.15) is 6.07 Å². The average Bonchev–Trinajstić information content (AvgIpc) is 2.48. The molecule has 1 N–H and O–H groups in total. The summed E-state index contributed by atoms with van der Waals surface area (Å²) in [6.45, 7) is 0. The molecule has 2 aromatic carbocycles. The van der Waals surface area contributed by atoms with E-state index in [-0.39, 0.29) is 5.56 Å². The van der Waals surface area contributed by atoms with Crippen molar-refractivity contribution in [1.82, 2.24) is 0 Å². The van der Waals surface area contributed by atoms with Gasteiger partial charge in [0, 0.05) is 9.79 Å². The van der Waals surface area contributed by atoms with Gasteiger partial charge in [0.2, 0.25) is 0 Å². The molecule has 0 aliphatic rings. The average molecular weight is 280 g/mol. The maximum atomic E-state index is 10.9. The van der Waals surface area contributed by atoms with Crippen LogP contribution in [0.25, 0.3) is 0 Å². The van der Waals surface area contributed by atoms with E-state index in [2.05, 4.69) is 0 Å². The van der Waals surface area contributed by atoms with Gasteiger partial charge in [0.05, 0.1) is 22.8 Å². The predicted octanol–water partition coefficient (Wildman–Crippen LogP) is 3.28. The number of rotatable bonds is 3. The van der Waals surface area contributed by atoms with Crippen molar-refractivity contribution in [2.75, 3.05) is 0 Å². The molecule has 5 heteroatoms. The fourth-order valence-corrected chi connectivity index (χ4v) is 2.44. The van der Waals surface area contributed by atoms with Gasteiger partial charge in [-0.15, -0.1) is 0 Å². The molecule has 0 bridgehead atoms. The van der Waals surface area contributed by atoms with Crippen molar-refractivity contribution < 1.29 is 9.90 Å². The van der Waals surface area contributed by atoms with E-state index in [1.54, 1.807) is 30.3 Å². The van der Waals surface area contributed by atoms with E-state index in [4.69, 9.17) is 15.6 Å². The SMILES string of the molecule is N#Cc1ccc(Sc2ccc(C(=O)O)cc2C#N)cc1. The highest BCUT2D eigenvalue weighted by Crippen LogP contribution is 2.30. The van der Waals surface area contributed by atoms with E-state index in [9.17, 15) is 4.79 Å². The van der Waals surface area contributed by atoms with Crippen LogP contribution in [0.3, 0.4) is 0 Å². The van der Waals surface area contributed by atoms with Crippen LogP contribution in [-0.4, -0.2) is 11.1 Å². The van der Waals surface area contributed by atoms with Crippen LogP contribution in [0.1, 0.15) is 21.5 Å². The Morgan fingerprint density at radius 2 is 1.75 bits per heavy atom. The fourth-order valence-electron chi connectivity index (χ4n) is 1.56. The number of nitrogens with zero attached hydrogens (tertiary/aromatic N) is 2. The molecule has 0 radical (unpaired) electrons. The molecule has 0 saturated carbocycles. The highest BCUT2D eigenvalue weighted by molar-refractivity contribution is 7.99. The third-order valence-corrected chi connectivity index (χ3v) is 3.64. The Hall–Kier alpha value is -2.76. The smallest absolute Gasteiger partial charge is 0.335 e. The molecule has 0 fully saturated rings. The lowest BCUT2D eigenvalue weighted by atomic mass is 10.1. The Morgan fingerprint density at radius 1 is 1.05 bits per heavy atom. The number of carboxylic acid groups (broad SMARTS) is 1. The first-order valence-corrected chi connectivity index (χ1v) is 6.41. The second-order valence-electron chi connectivity index (χ2n) is 3.87. The van der Waals surface area contributed by atoms with Crippen LogP contribution >= 0.6 is 11.8 Å². The zero-order valence-electron chi connectivity index (χ0n) is 10.2. The summed E-state index contributed by atoms with van der Waals surface area (Å²) >= 11 is 1.35. The molecule has 0 aromatic heterocycles. The van der Waals surface area contributed by atoms with E-state index >= 15 is 0 Å². The number of carboxylic acids is 1. The number of aromatic carboxylic acids is 1. The van der Waals surface area contributed by atoms with Crippen LogP contribution in [0.5, 0.6) is 0 Å². The zero-order valence-corrected chi connectivity index (χ0v) is 11.0. The van der Waals surface area contributed by atoms with Crippen molar-refractivity contribution in [2.24, 2.45) is 0 Å². The van der Waals surface area contributed by atoms with E-state index in [0.29, 0.717) is 16.0 Å². The lowest BCUT2D eigenvalue weighted by Crippen LogP contribution is -1.97. The monoisotopic (exact) mass is 280 g/mol. The second-order valence-corrected chi connectivity index (χ2v) is 4.98. The minimum Gasteiger partial charge on any atom is -0.478 e. The number of carbonyl (C=O) groups is 1. The Morgan fingerprint density at radius 3 is 2.30 bits per heavy atom. The van der Waals surface area contributed by atoms with Crippen molar-refractivity contribution in [3.8, 4) is 12.1 Å². The Kier molecular flexibility index (Phi) is 4.05. The fraction of sp³-hybridized carbons (Fsp3) is 0. The third kappa shape index (κ3) is 2.97. The first kappa shape index (κ1) is 13.7. The van der Waals surface area contributed by atoms with Crippen molar-refractivity contribution >= 4 is 17.7 Å². The quantitative estimate of drug-likeness (QED) is 0.932. The van der Waals surface area contributed by atoms with E-state index in [1.807, 2.05) is 12.1 Å². The molecular weight excluding hydrogens is 272 g/mol. The molecule has 0 heterocycles. The molecule has 0 amide bonds. The van der Waals surface area contributed by atoms with E-state index in [1.165, 1.54) is 23.9 Å². The van der Waals surface area contributed by atoms with Crippen molar-refractivity contribution in [1.29, 1.82) is 10.5 Å². The number of hydrogen-bond acceptors (Lipinski definition) is 4. The first-order chi connectivity index (χ1) is 9.63. The minimum absolute atomic E-state index is 0.0886. The topological polar surface area (TPSA) is 84.9 Å². The van der Waals surface area contributed by atoms with Crippen molar-refractivity contribution in [3.05, 3.63) is 59.2 Å². The van der Waals surface area contributed by atoms with E-state index < -0.39 is 5.97 Å². The summed E-state index contributed by atoms with van der Waals surface area (Å²) in [6, 6.07) is 15.4. The van der Waals surface area contributed by atoms with Crippen molar-refractivity contribution in [3.63, 3.8) is 0 Å². The molecule has 0 unspecified atom stereocenters. The third-order valence-electron chi connectivity index (χ3n) is 2.56. The minimum atomic E-state index is -1.06. The van der Waals surface area contributed by atoms with Gasteiger partial charge in [-0.1, -0.05) is 11.8 Å². The molecule has 0 spiro atoms. The van der Waals surface area contributed by atoms with Crippen LogP contribution in [0.15, 0.2) is 52.3 Å². The molecule has 0 atom stereocenters. The lowest BCUT2D eigenvalue weighted by molar-refractivity contribution is 0.0697. The van der Waals surface area contributed by atoms with Gasteiger partial charge in [0.15, 0.2) is 0 Å². The van der Waals surface area contributed by atoms with Crippen LogP contribution in [-0.2, 0) is 0 Å². The van der Waals surface area contributed by atoms with Crippen LogP contribution in [0.4, 0.5) is 0 Å². The molecule has 0 saturated heterocycles. The van der Waals surface area contributed by atoms with Gasteiger partial charge in [-0.25, -0.2) is 4.79 Å². The summed E-state index contributed by atoms with van der Waals surface area (Å²) in [7, 11) is 0. The van der Waals surface area contributed by atoms with Gasteiger partial charge in [-0.05, 0) is 42.5 Å². The maximum absolute atomic E-state index is 10.9. The summed E-state index contributed by atoms with van der Waals surface area (Å²) in [4.78, 5) is 12.4. The standard InChI is InChI=1S/C15H8N2O2S/c16-8-10-1-4-13(5-2-10)20-14-6-3-11(15(18)19)7-12(14)9-17/h1-7H,(H,18,19). The first-order valence-electron chi connectivity index (χ1n) is 5.59. The molecule has 4 nitrogen and oxygen atoms in total. The van der Waals surface area contributed by atoms with Gasteiger partial charge in [-0.3, -0.25) is 0 Å². The molecular formula is C15H8N2O2S. The van der Waals surface area contributed by atoms with Crippen LogP contribution < -0.4 is 0 Å². The van der Waals surface area contributed by atoms with Gasteiger partial charge >= 0.3 is 5.97 Å². The van der Waals surface area contributed by atoms with Gasteiger partial charge in [-0.2, -0.15) is 10.5 Å². The maximum Gasteiger partial charge on any atom is 0.335 e. The predicted molar refractivity (Wildman–Crippen MR) is 73.4 cm³/mol. The molecule has 20 heavy (non-hydrogen) atoms. The van der Waals surface area contributed by atoms with Crippen molar-refractivity contribution in [2.45, 2.75) is 9.79 Å². The molecule has 96 valence electrons. The largest absolute Gasteiger partial charge is 0.478 e. The number of nitriles is 2. The summed E-state index contributed by atoms with van der Waals surface area (Å²) in [6.07, 6.45) is 0. The van der Waals surface area contributed by atoms with Gasteiger partial charge in [0.25, 0.3) is 0 Å². The Balaban J connectivity index is 2.31. The number of benzene rings is 2. The van der Waals surface area contributed by atoms with Crippen LogP contribution in [0.2, 0.25) is 0 Å². The van der Waals surface area contributed by atoms with Gasteiger partial charge < -0.3 is 5.11 Å². The summed E-state index contributed by atoms with van der Waals surface area (Å²) < 4.78 is 0. The highest BCUT2D eigenvalue weighted by atomic mass is 32.2. The molecule has 0 aliphatic carbocycles. The Bertz CT molecular complexity index is 740. The number of hydrogen-bond donors (Lipinski definition) is 1. The zero-order chi connectivity index (χ0) is 14.5. The molecule has 0 aliphatic heterocycles. The normalized spacial score (nSPS) is 9.50. The molecule has 2 rings (SSSR count). The summed E-state index contributed by atoms with van der Waals surface area (Å²) in [5.41, 5.74) is 0.973.